The van der Waals surface area contributed by atoms with Crippen LogP contribution in [0, 0.1) is 5.92 Å². The van der Waals surface area contributed by atoms with E-state index in [0.717, 1.165) is 6.54 Å². The van der Waals surface area contributed by atoms with Gasteiger partial charge in [-0.2, -0.15) is 4.80 Å². The van der Waals surface area contributed by atoms with Crippen molar-refractivity contribution in [3.63, 3.8) is 0 Å². The van der Waals surface area contributed by atoms with Gasteiger partial charge in [0.05, 0.1) is 6.54 Å². The molecule has 1 heterocycles. The molecule has 1 aromatic heterocycles. The monoisotopic (exact) mass is 167 g/mol. The van der Waals surface area contributed by atoms with E-state index in [1.54, 1.807) is 0 Å². The quantitative estimate of drug-likeness (QED) is 0.637. The van der Waals surface area contributed by atoms with Gasteiger partial charge in [0.25, 0.3) is 11.7 Å². The number of hydrogen-bond donors (Lipinski definition) is 1. The maximum absolute atomic E-state index is 10.6. The summed E-state index contributed by atoms with van der Waals surface area (Å²) in [6, 6.07) is 0. The number of carbonyl (C=O) groups excluding carboxylic acids is 1. The normalized spacial score (nSPS) is 16.3. The van der Waals surface area contributed by atoms with E-state index in [4.69, 9.17) is 5.73 Å². The Labute approximate surface area is 68.7 Å². The molecule has 0 radical (unpaired) electrons. The zero-order chi connectivity index (χ0) is 8.55. The molecule has 0 saturated heterocycles. The van der Waals surface area contributed by atoms with Gasteiger partial charge in [-0.25, -0.2) is 0 Å². The highest BCUT2D eigenvalue weighted by Crippen LogP contribution is 2.29. The van der Waals surface area contributed by atoms with E-state index in [0.29, 0.717) is 5.92 Å². The number of primary amides is 1. The molecule has 6 heteroatoms. The van der Waals surface area contributed by atoms with Crippen LogP contribution in [0.4, 0.5) is 0 Å². The van der Waals surface area contributed by atoms with Gasteiger partial charge in [-0.1, -0.05) is 0 Å². The van der Waals surface area contributed by atoms with Gasteiger partial charge in [-0.3, -0.25) is 4.79 Å². The summed E-state index contributed by atoms with van der Waals surface area (Å²) in [6.45, 7) is 0.750. The van der Waals surface area contributed by atoms with Gasteiger partial charge in [-0.05, 0) is 24.0 Å². The number of nitrogens with two attached hydrogens (primary N) is 1. The van der Waals surface area contributed by atoms with Crippen LogP contribution >= 0.6 is 0 Å². The van der Waals surface area contributed by atoms with E-state index in [1.165, 1.54) is 17.6 Å². The highest BCUT2D eigenvalue weighted by atomic mass is 16.1. The molecule has 0 aromatic carbocycles. The van der Waals surface area contributed by atoms with Crippen LogP contribution in [0.25, 0.3) is 0 Å². The number of rotatable bonds is 3. The molecule has 0 aliphatic heterocycles. The van der Waals surface area contributed by atoms with E-state index in [1.807, 2.05) is 0 Å². The maximum Gasteiger partial charge on any atom is 0.290 e. The fourth-order valence-corrected chi connectivity index (χ4v) is 0.951. The van der Waals surface area contributed by atoms with Crippen LogP contribution in [0.5, 0.6) is 0 Å². The first-order valence-electron chi connectivity index (χ1n) is 3.83. The molecule has 0 atom stereocenters. The Kier molecular flexibility index (Phi) is 1.53. The van der Waals surface area contributed by atoms with Gasteiger partial charge in [0.1, 0.15) is 0 Å². The lowest BCUT2D eigenvalue weighted by atomic mass is 10.4. The molecule has 1 amide bonds. The predicted molar refractivity (Wildman–Crippen MR) is 39.1 cm³/mol. The number of nitrogens with zero attached hydrogens (tertiary/aromatic N) is 4. The second-order valence-electron chi connectivity index (χ2n) is 2.98. The van der Waals surface area contributed by atoms with Crippen LogP contribution in [0.1, 0.15) is 23.5 Å². The highest BCUT2D eigenvalue weighted by Gasteiger charge is 2.23. The summed E-state index contributed by atoms with van der Waals surface area (Å²) in [5.74, 6) is 0.0348. The summed E-state index contributed by atoms with van der Waals surface area (Å²) in [6.07, 6.45) is 2.43. The molecule has 1 fully saturated rings. The number of tetrazole rings is 1. The number of amides is 1. The summed E-state index contributed by atoms with van der Waals surface area (Å²) in [5, 5.41) is 11.0. The van der Waals surface area contributed by atoms with Gasteiger partial charge in [0, 0.05) is 0 Å². The van der Waals surface area contributed by atoms with Crippen molar-refractivity contribution in [2.24, 2.45) is 11.7 Å². The molecule has 1 saturated carbocycles. The summed E-state index contributed by atoms with van der Waals surface area (Å²) < 4.78 is 0. The zero-order valence-electron chi connectivity index (χ0n) is 6.47. The molecule has 0 unspecified atom stereocenters. The van der Waals surface area contributed by atoms with E-state index in [-0.39, 0.29) is 5.82 Å². The summed E-state index contributed by atoms with van der Waals surface area (Å²) >= 11 is 0. The van der Waals surface area contributed by atoms with Crippen molar-refractivity contribution in [1.82, 2.24) is 20.2 Å². The van der Waals surface area contributed by atoms with Crippen LogP contribution < -0.4 is 5.73 Å². The molecule has 64 valence electrons. The van der Waals surface area contributed by atoms with Crippen LogP contribution in [0.3, 0.4) is 0 Å². The van der Waals surface area contributed by atoms with Crippen molar-refractivity contribution in [2.75, 3.05) is 0 Å². The van der Waals surface area contributed by atoms with Crippen molar-refractivity contribution in [3.8, 4) is 0 Å². The first-order valence-corrected chi connectivity index (χ1v) is 3.83. The standard InChI is InChI=1S/C6H9N5O/c7-5(12)6-8-10-11(9-6)3-4-1-2-4/h4H,1-3H2,(H2,7,12). The molecule has 1 aliphatic rings. The van der Waals surface area contributed by atoms with Crippen molar-refractivity contribution in [2.45, 2.75) is 19.4 Å². The topological polar surface area (TPSA) is 86.7 Å². The summed E-state index contributed by atoms with van der Waals surface area (Å²) in [5.41, 5.74) is 4.96. The smallest absolute Gasteiger partial charge is 0.290 e. The fraction of sp³-hybridized carbons (Fsp3) is 0.667. The second-order valence-corrected chi connectivity index (χ2v) is 2.98. The molecular formula is C6H9N5O. The molecular weight excluding hydrogens is 158 g/mol. The van der Waals surface area contributed by atoms with Crippen LogP contribution in [-0.2, 0) is 6.54 Å². The van der Waals surface area contributed by atoms with E-state index in [2.05, 4.69) is 15.4 Å². The van der Waals surface area contributed by atoms with Crippen LogP contribution in [0.15, 0.2) is 0 Å². The minimum atomic E-state index is -0.628. The minimum Gasteiger partial charge on any atom is -0.363 e. The zero-order valence-corrected chi connectivity index (χ0v) is 6.47. The molecule has 6 nitrogen and oxygen atoms in total. The van der Waals surface area contributed by atoms with Crippen molar-refractivity contribution < 1.29 is 4.79 Å². The Bertz CT molecular complexity index is 303. The van der Waals surface area contributed by atoms with Gasteiger partial charge in [0.15, 0.2) is 0 Å². The molecule has 1 aliphatic carbocycles. The number of carbonyl (C=O) groups is 1. The second kappa shape index (κ2) is 2.54. The largest absolute Gasteiger partial charge is 0.363 e. The lowest BCUT2D eigenvalue weighted by Gasteiger charge is -1.91. The van der Waals surface area contributed by atoms with Crippen LogP contribution in [0.2, 0.25) is 0 Å². The van der Waals surface area contributed by atoms with E-state index >= 15 is 0 Å². The molecule has 0 bridgehead atoms. The first kappa shape index (κ1) is 7.20. The van der Waals surface area contributed by atoms with Crippen molar-refractivity contribution in [1.29, 1.82) is 0 Å². The Morgan fingerprint density at radius 3 is 2.92 bits per heavy atom. The summed E-state index contributed by atoms with van der Waals surface area (Å²) in [7, 11) is 0. The fourth-order valence-electron chi connectivity index (χ4n) is 0.951. The van der Waals surface area contributed by atoms with E-state index < -0.39 is 5.91 Å². The molecule has 12 heavy (non-hydrogen) atoms. The van der Waals surface area contributed by atoms with Crippen LogP contribution in [-0.4, -0.2) is 26.1 Å². The van der Waals surface area contributed by atoms with Gasteiger partial charge < -0.3 is 5.73 Å². The third kappa shape index (κ3) is 1.41. The van der Waals surface area contributed by atoms with Gasteiger partial charge >= 0.3 is 0 Å². The number of aromatic nitrogens is 4. The Morgan fingerprint density at radius 1 is 1.67 bits per heavy atom. The lowest BCUT2D eigenvalue weighted by molar-refractivity contribution is 0.0990. The Balaban J connectivity index is 2.06. The Morgan fingerprint density at radius 2 is 2.42 bits per heavy atom. The third-order valence-corrected chi connectivity index (χ3v) is 1.79. The summed E-state index contributed by atoms with van der Waals surface area (Å²) in [4.78, 5) is 12.0. The average Bonchev–Trinajstić information content (AvgIpc) is 2.66. The van der Waals surface area contributed by atoms with Gasteiger partial charge in [-0.15, -0.1) is 10.2 Å². The molecule has 2 N–H and O–H groups in total. The maximum atomic E-state index is 10.6. The predicted octanol–water partition coefficient (Wildman–Crippen LogP) is -0.818. The SMILES string of the molecule is NC(=O)c1nnn(CC2CC2)n1. The highest BCUT2D eigenvalue weighted by molar-refractivity contribution is 5.88. The number of hydrogen-bond acceptors (Lipinski definition) is 4. The molecule has 1 aromatic rings. The minimum absolute atomic E-state index is 0.00403. The first-order chi connectivity index (χ1) is 5.75. The van der Waals surface area contributed by atoms with Crippen molar-refractivity contribution in [3.05, 3.63) is 5.82 Å². The van der Waals surface area contributed by atoms with Gasteiger partial charge in [0.2, 0.25) is 0 Å². The van der Waals surface area contributed by atoms with E-state index in [9.17, 15) is 4.79 Å². The Hall–Kier alpha value is -1.46. The molecule has 2 rings (SSSR count). The third-order valence-electron chi connectivity index (χ3n) is 1.79. The van der Waals surface area contributed by atoms with Crippen molar-refractivity contribution >= 4 is 5.91 Å². The average molecular weight is 167 g/mol. The lowest BCUT2D eigenvalue weighted by Crippen LogP contribution is -2.13. The molecule has 0 spiro atoms.